The van der Waals surface area contributed by atoms with E-state index in [1.54, 1.807) is 6.92 Å². The molecule has 0 aromatic rings. The van der Waals surface area contributed by atoms with Crippen molar-refractivity contribution < 1.29 is 40.5 Å². The summed E-state index contributed by atoms with van der Waals surface area (Å²) in [5.74, 6) is 0.808. The second kappa shape index (κ2) is 9.06. The summed E-state index contributed by atoms with van der Waals surface area (Å²) in [6.07, 6.45) is -0.405. The van der Waals surface area contributed by atoms with Crippen molar-refractivity contribution in [1.82, 2.24) is 3.71 Å². The molecular formula is C5H12NNaO2S2. The SMILES string of the molecule is CCOC(=O)N(S)SCC.[H-].[Na+]. The molecule has 0 bridgehead atoms. The van der Waals surface area contributed by atoms with Crippen molar-refractivity contribution in [1.29, 1.82) is 0 Å². The van der Waals surface area contributed by atoms with Gasteiger partial charge in [-0.1, -0.05) is 6.92 Å². The molecule has 0 aromatic heterocycles. The van der Waals surface area contributed by atoms with Gasteiger partial charge in [-0.3, -0.25) is 0 Å². The normalized spacial score (nSPS) is 8.27. The summed E-state index contributed by atoms with van der Waals surface area (Å²) in [6.45, 7) is 4.09. The van der Waals surface area contributed by atoms with Gasteiger partial charge in [-0.2, -0.15) is 3.71 Å². The second-order valence-corrected chi connectivity index (χ2v) is 3.26. The molecule has 0 atom stereocenters. The van der Waals surface area contributed by atoms with Crippen molar-refractivity contribution >= 4 is 30.9 Å². The standard InChI is InChI=1S/C5H11NO2S2.Na.H/c1-3-8-5(7)6(9)10-4-2;;/h9H,3-4H2,1-2H3;;/q;+1;-1. The molecule has 0 aliphatic heterocycles. The average molecular weight is 205 g/mol. The number of nitrogens with zero attached hydrogens (tertiary/aromatic N) is 1. The van der Waals surface area contributed by atoms with E-state index in [0.29, 0.717) is 6.61 Å². The van der Waals surface area contributed by atoms with E-state index < -0.39 is 6.09 Å². The van der Waals surface area contributed by atoms with Crippen molar-refractivity contribution in [2.24, 2.45) is 0 Å². The van der Waals surface area contributed by atoms with Crippen LogP contribution in [0.5, 0.6) is 0 Å². The van der Waals surface area contributed by atoms with E-state index >= 15 is 0 Å². The maximum absolute atomic E-state index is 10.7. The first-order chi connectivity index (χ1) is 4.72. The van der Waals surface area contributed by atoms with Crippen LogP contribution in [0.1, 0.15) is 15.3 Å². The molecule has 0 heterocycles. The quantitative estimate of drug-likeness (QED) is 0.367. The smallest absolute Gasteiger partial charge is 1.00 e. The minimum absolute atomic E-state index is 0. The van der Waals surface area contributed by atoms with Gasteiger partial charge in [-0.05, 0) is 31.7 Å². The van der Waals surface area contributed by atoms with Gasteiger partial charge in [-0.15, -0.1) is 0 Å². The summed E-state index contributed by atoms with van der Waals surface area (Å²) in [6, 6.07) is 0. The van der Waals surface area contributed by atoms with Crippen molar-refractivity contribution in [2.75, 3.05) is 12.4 Å². The Morgan fingerprint density at radius 2 is 2.27 bits per heavy atom. The summed E-state index contributed by atoms with van der Waals surface area (Å²) < 4.78 is 5.83. The van der Waals surface area contributed by atoms with E-state index in [4.69, 9.17) is 0 Å². The van der Waals surface area contributed by atoms with Gasteiger partial charge in [0.2, 0.25) is 0 Å². The molecule has 11 heavy (non-hydrogen) atoms. The van der Waals surface area contributed by atoms with Gasteiger partial charge < -0.3 is 6.16 Å². The van der Waals surface area contributed by atoms with Crippen LogP contribution in [0, 0.1) is 0 Å². The third-order valence-electron chi connectivity index (χ3n) is 0.675. The summed E-state index contributed by atoms with van der Waals surface area (Å²) in [5, 5.41) is 0. The summed E-state index contributed by atoms with van der Waals surface area (Å²) >= 11 is 5.16. The Hall–Kier alpha value is 0.970. The van der Waals surface area contributed by atoms with Gasteiger partial charge in [-0.25, -0.2) is 4.79 Å². The Bertz CT molecular complexity index is 120. The Morgan fingerprint density at radius 3 is 2.64 bits per heavy atom. The molecule has 0 rings (SSSR count). The number of amides is 1. The zero-order chi connectivity index (χ0) is 7.98. The third-order valence-corrected chi connectivity index (χ3v) is 1.84. The Kier molecular flexibility index (Phi) is 11.9. The number of hydrogen-bond acceptors (Lipinski definition) is 4. The largest absolute Gasteiger partial charge is 1.00 e. The van der Waals surface area contributed by atoms with E-state index in [1.165, 1.54) is 15.7 Å². The first-order valence-electron chi connectivity index (χ1n) is 3.01. The summed E-state index contributed by atoms with van der Waals surface area (Å²) in [5.41, 5.74) is 0. The third kappa shape index (κ3) is 7.33. The van der Waals surface area contributed by atoms with E-state index in [1.807, 2.05) is 6.92 Å². The van der Waals surface area contributed by atoms with Crippen molar-refractivity contribution in [2.45, 2.75) is 13.8 Å². The van der Waals surface area contributed by atoms with Crippen LogP contribution in [0.2, 0.25) is 0 Å². The number of hydrogen-bond donors (Lipinski definition) is 1. The molecule has 0 aliphatic rings. The molecule has 1 amide bonds. The zero-order valence-corrected chi connectivity index (χ0v) is 10.7. The predicted octanol–water partition coefficient (Wildman–Crippen LogP) is -0.926. The van der Waals surface area contributed by atoms with E-state index in [0.717, 1.165) is 5.75 Å². The molecule has 0 aromatic carbocycles. The van der Waals surface area contributed by atoms with E-state index in [9.17, 15) is 4.79 Å². The molecular weight excluding hydrogens is 193 g/mol. The van der Waals surface area contributed by atoms with E-state index in [2.05, 4.69) is 17.6 Å². The van der Waals surface area contributed by atoms with Gasteiger partial charge >= 0.3 is 35.7 Å². The number of ether oxygens (including phenoxy) is 1. The van der Waals surface area contributed by atoms with Crippen molar-refractivity contribution in [3.63, 3.8) is 0 Å². The van der Waals surface area contributed by atoms with Crippen LogP contribution in [0.4, 0.5) is 4.79 Å². The molecule has 0 saturated heterocycles. The minimum Gasteiger partial charge on any atom is -1.00 e. The fourth-order valence-corrected chi connectivity index (χ4v) is 1.16. The monoisotopic (exact) mass is 205 g/mol. The van der Waals surface area contributed by atoms with Crippen LogP contribution in [0.3, 0.4) is 0 Å². The molecule has 62 valence electrons. The van der Waals surface area contributed by atoms with Gasteiger partial charge in [0.05, 0.1) is 6.61 Å². The molecule has 0 aliphatic carbocycles. The Morgan fingerprint density at radius 1 is 1.73 bits per heavy atom. The number of carbonyl (C=O) groups is 1. The summed E-state index contributed by atoms with van der Waals surface area (Å²) in [7, 11) is 0. The van der Waals surface area contributed by atoms with Crippen LogP contribution in [0.25, 0.3) is 0 Å². The van der Waals surface area contributed by atoms with E-state index in [-0.39, 0.29) is 31.0 Å². The topological polar surface area (TPSA) is 29.5 Å². The number of rotatable bonds is 3. The summed E-state index contributed by atoms with van der Waals surface area (Å²) in [4.78, 5) is 10.7. The fraction of sp³-hybridized carbons (Fsp3) is 0.800. The molecule has 0 spiro atoms. The average Bonchev–Trinajstić information content (AvgIpc) is 1.89. The first-order valence-corrected chi connectivity index (χ1v) is 4.35. The molecule has 0 fully saturated rings. The molecule has 0 N–H and O–H groups in total. The molecule has 0 radical (unpaired) electrons. The van der Waals surface area contributed by atoms with Crippen LogP contribution >= 0.6 is 24.8 Å². The molecule has 0 unspecified atom stereocenters. The Balaban J connectivity index is -0.000000405. The van der Waals surface area contributed by atoms with Crippen LogP contribution in [0.15, 0.2) is 0 Å². The maximum atomic E-state index is 10.7. The van der Waals surface area contributed by atoms with Gasteiger partial charge in [0.1, 0.15) is 0 Å². The van der Waals surface area contributed by atoms with Crippen molar-refractivity contribution in [3.8, 4) is 0 Å². The first kappa shape index (κ1) is 14.5. The Labute approximate surface area is 101 Å². The molecule has 6 heteroatoms. The number of thiol groups is 1. The molecule has 3 nitrogen and oxygen atoms in total. The van der Waals surface area contributed by atoms with Crippen LogP contribution in [-0.4, -0.2) is 22.2 Å². The zero-order valence-electron chi connectivity index (χ0n) is 8.03. The van der Waals surface area contributed by atoms with Crippen molar-refractivity contribution in [3.05, 3.63) is 0 Å². The minimum atomic E-state index is -0.405. The predicted molar refractivity (Wildman–Crippen MR) is 47.1 cm³/mol. The van der Waals surface area contributed by atoms with Gasteiger partial charge in [0, 0.05) is 5.75 Å². The van der Waals surface area contributed by atoms with Gasteiger partial charge in [0.25, 0.3) is 0 Å². The van der Waals surface area contributed by atoms with Crippen LogP contribution in [-0.2, 0) is 4.74 Å². The van der Waals surface area contributed by atoms with Crippen LogP contribution < -0.4 is 29.6 Å². The molecule has 0 saturated carbocycles. The second-order valence-electron chi connectivity index (χ2n) is 1.39. The number of carbonyl (C=O) groups excluding carboxylic acids is 1. The maximum Gasteiger partial charge on any atom is 1.00 e. The fourth-order valence-electron chi connectivity index (χ4n) is 0.354. The van der Waals surface area contributed by atoms with Gasteiger partial charge in [0.15, 0.2) is 0 Å².